The zero-order chi connectivity index (χ0) is 11.7. The summed E-state index contributed by atoms with van der Waals surface area (Å²) < 4.78 is 2.16. The molecule has 0 saturated carbocycles. The average molecular weight is 218 g/mol. The second-order valence-corrected chi connectivity index (χ2v) is 4.19. The van der Waals surface area contributed by atoms with E-state index in [9.17, 15) is 5.11 Å². The third-order valence-electron chi connectivity index (χ3n) is 3.36. The molecule has 0 amide bonds. The van der Waals surface area contributed by atoms with Gasteiger partial charge >= 0.3 is 0 Å². The highest BCUT2D eigenvalue weighted by atomic mass is 16.3. The quantitative estimate of drug-likeness (QED) is 0.820. The Morgan fingerprint density at radius 3 is 2.69 bits per heavy atom. The van der Waals surface area contributed by atoms with E-state index >= 15 is 0 Å². The molecule has 3 N–H and O–H groups in total. The predicted molar refractivity (Wildman–Crippen MR) is 66.5 cm³/mol. The van der Waals surface area contributed by atoms with Crippen molar-refractivity contribution in [3.05, 3.63) is 35.5 Å². The van der Waals surface area contributed by atoms with Crippen LogP contribution < -0.4 is 5.73 Å². The van der Waals surface area contributed by atoms with Crippen molar-refractivity contribution in [2.75, 3.05) is 13.2 Å². The van der Waals surface area contributed by atoms with E-state index in [-0.39, 0.29) is 12.5 Å². The predicted octanol–water partition coefficient (Wildman–Crippen LogP) is 1.52. The van der Waals surface area contributed by atoms with Gasteiger partial charge in [0.25, 0.3) is 0 Å². The van der Waals surface area contributed by atoms with Gasteiger partial charge in [-0.05, 0) is 18.6 Å². The SMILES string of the molecule is Cc1c(C(CN)CO)c2ccccc2n1C. The summed E-state index contributed by atoms with van der Waals surface area (Å²) in [6.45, 7) is 2.66. The minimum absolute atomic E-state index is 0.0334. The molecular formula is C13H18N2O. The number of aliphatic hydroxyl groups excluding tert-OH is 1. The lowest BCUT2D eigenvalue weighted by Gasteiger charge is -2.12. The summed E-state index contributed by atoms with van der Waals surface area (Å²) in [5.41, 5.74) is 9.28. The molecule has 0 aliphatic carbocycles. The minimum Gasteiger partial charge on any atom is -0.396 e. The molecule has 86 valence electrons. The molecule has 0 fully saturated rings. The molecule has 1 unspecified atom stereocenters. The Morgan fingerprint density at radius 2 is 2.06 bits per heavy atom. The lowest BCUT2D eigenvalue weighted by Crippen LogP contribution is -2.16. The molecule has 16 heavy (non-hydrogen) atoms. The second kappa shape index (κ2) is 4.28. The Balaban J connectivity index is 2.72. The maximum Gasteiger partial charge on any atom is 0.0512 e. The highest BCUT2D eigenvalue weighted by Gasteiger charge is 2.18. The van der Waals surface area contributed by atoms with Gasteiger partial charge in [-0.25, -0.2) is 0 Å². The van der Waals surface area contributed by atoms with E-state index in [4.69, 9.17) is 5.73 Å². The van der Waals surface area contributed by atoms with Crippen LogP contribution >= 0.6 is 0 Å². The van der Waals surface area contributed by atoms with Crippen LogP contribution in [0.5, 0.6) is 0 Å². The van der Waals surface area contributed by atoms with E-state index in [0.717, 1.165) is 0 Å². The lowest BCUT2D eigenvalue weighted by molar-refractivity contribution is 0.268. The fraction of sp³-hybridized carbons (Fsp3) is 0.385. The molecular weight excluding hydrogens is 200 g/mol. The molecule has 1 aromatic carbocycles. The van der Waals surface area contributed by atoms with Crippen molar-refractivity contribution in [1.29, 1.82) is 0 Å². The van der Waals surface area contributed by atoms with Crippen molar-refractivity contribution in [2.24, 2.45) is 12.8 Å². The van der Waals surface area contributed by atoms with Crippen LogP contribution in [0.15, 0.2) is 24.3 Å². The summed E-state index contributed by atoms with van der Waals surface area (Å²) in [4.78, 5) is 0. The molecule has 1 aromatic heterocycles. The standard InChI is InChI=1S/C13H18N2O/c1-9-13(10(7-14)8-16)11-5-3-4-6-12(11)15(9)2/h3-6,10,16H,7-8,14H2,1-2H3. The lowest BCUT2D eigenvalue weighted by atomic mass is 9.97. The number of aliphatic hydroxyl groups is 1. The minimum atomic E-state index is 0.0334. The molecule has 0 saturated heterocycles. The van der Waals surface area contributed by atoms with E-state index in [2.05, 4.69) is 23.6 Å². The van der Waals surface area contributed by atoms with Gasteiger partial charge in [-0.1, -0.05) is 18.2 Å². The monoisotopic (exact) mass is 218 g/mol. The summed E-state index contributed by atoms with van der Waals surface area (Å²) in [6.07, 6.45) is 0. The van der Waals surface area contributed by atoms with Crippen LogP contribution in [0.2, 0.25) is 0 Å². The molecule has 0 bridgehead atoms. The molecule has 1 heterocycles. The number of aryl methyl sites for hydroxylation is 1. The Labute approximate surface area is 95.5 Å². The summed E-state index contributed by atoms with van der Waals surface area (Å²) in [6, 6.07) is 8.24. The summed E-state index contributed by atoms with van der Waals surface area (Å²) in [5.74, 6) is 0.0334. The third-order valence-corrected chi connectivity index (χ3v) is 3.36. The van der Waals surface area contributed by atoms with Crippen molar-refractivity contribution >= 4 is 10.9 Å². The number of hydrogen-bond donors (Lipinski definition) is 2. The number of fused-ring (bicyclic) bond motifs is 1. The third kappa shape index (κ3) is 1.52. The summed E-state index contributed by atoms with van der Waals surface area (Å²) >= 11 is 0. The van der Waals surface area contributed by atoms with Gasteiger partial charge in [0.2, 0.25) is 0 Å². The maximum absolute atomic E-state index is 9.38. The zero-order valence-corrected chi connectivity index (χ0v) is 9.77. The van der Waals surface area contributed by atoms with Gasteiger partial charge < -0.3 is 15.4 Å². The number of rotatable bonds is 3. The maximum atomic E-state index is 9.38. The molecule has 0 aliphatic heterocycles. The van der Waals surface area contributed by atoms with Gasteiger partial charge in [0.15, 0.2) is 0 Å². The summed E-state index contributed by atoms with van der Waals surface area (Å²) in [7, 11) is 2.05. The number of nitrogens with two attached hydrogens (primary N) is 1. The Morgan fingerprint density at radius 1 is 1.38 bits per heavy atom. The first kappa shape index (κ1) is 11.2. The first-order valence-electron chi connectivity index (χ1n) is 5.55. The largest absolute Gasteiger partial charge is 0.396 e. The molecule has 2 aromatic rings. The fourth-order valence-corrected chi connectivity index (χ4v) is 2.35. The van der Waals surface area contributed by atoms with Crippen molar-refractivity contribution < 1.29 is 5.11 Å². The number of aromatic nitrogens is 1. The molecule has 0 spiro atoms. The highest BCUT2D eigenvalue weighted by molar-refractivity contribution is 5.86. The van der Waals surface area contributed by atoms with Crippen LogP contribution in [-0.2, 0) is 7.05 Å². The van der Waals surface area contributed by atoms with Gasteiger partial charge in [0.05, 0.1) is 6.61 Å². The zero-order valence-electron chi connectivity index (χ0n) is 9.77. The van der Waals surface area contributed by atoms with Gasteiger partial charge in [0, 0.05) is 36.1 Å². The van der Waals surface area contributed by atoms with E-state index in [1.54, 1.807) is 0 Å². The van der Waals surface area contributed by atoms with Crippen LogP contribution in [0.4, 0.5) is 0 Å². The van der Waals surface area contributed by atoms with Gasteiger partial charge in [-0.15, -0.1) is 0 Å². The van der Waals surface area contributed by atoms with Gasteiger partial charge in [0.1, 0.15) is 0 Å². The normalized spacial score (nSPS) is 13.2. The van der Waals surface area contributed by atoms with Crippen LogP contribution in [0.1, 0.15) is 17.2 Å². The topological polar surface area (TPSA) is 51.2 Å². The Bertz CT molecular complexity index is 498. The van der Waals surface area contributed by atoms with Crippen molar-refractivity contribution in [2.45, 2.75) is 12.8 Å². The number of nitrogens with zero attached hydrogens (tertiary/aromatic N) is 1. The molecule has 3 nitrogen and oxygen atoms in total. The fourth-order valence-electron chi connectivity index (χ4n) is 2.35. The molecule has 3 heteroatoms. The van der Waals surface area contributed by atoms with Gasteiger partial charge in [-0.2, -0.15) is 0 Å². The van der Waals surface area contributed by atoms with Crippen molar-refractivity contribution in [3.8, 4) is 0 Å². The van der Waals surface area contributed by atoms with Crippen LogP contribution in [0.25, 0.3) is 10.9 Å². The summed E-state index contributed by atoms with van der Waals surface area (Å²) in [5, 5.41) is 10.6. The van der Waals surface area contributed by atoms with Crippen LogP contribution in [-0.4, -0.2) is 22.8 Å². The van der Waals surface area contributed by atoms with E-state index in [1.165, 1.54) is 22.2 Å². The van der Waals surface area contributed by atoms with E-state index in [1.807, 2.05) is 19.2 Å². The van der Waals surface area contributed by atoms with E-state index in [0.29, 0.717) is 6.54 Å². The average Bonchev–Trinajstić information content (AvgIpc) is 2.57. The van der Waals surface area contributed by atoms with Gasteiger partial charge in [-0.3, -0.25) is 0 Å². The molecule has 0 radical (unpaired) electrons. The molecule has 1 atom stereocenters. The number of benzene rings is 1. The Hall–Kier alpha value is -1.32. The van der Waals surface area contributed by atoms with E-state index < -0.39 is 0 Å². The Kier molecular flexibility index (Phi) is 2.99. The highest BCUT2D eigenvalue weighted by Crippen LogP contribution is 2.30. The number of hydrogen-bond acceptors (Lipinski definition) is 2. The number of para-hydroxylation sites is 1. The molecule has 0 aliphatic rings. The van der Waals surface area contributed by atoms with Crippen molar-refractivity contribution in [3.63, 3.8) is 0 Å². The van der Waals surface area contributed by atoms with Crippen molar-refractivity contribution in [1.82, 2.24) is 4.57 Å². The smallest absolute Gasteiger partial charge is 0.0512 e. The molecule has 2 rings (SSSR count). The van der Waals surface area contributed by atoms with Crippen LogP contribution in [0.3, 0.4) is 0 Å². The second-order valence-electron chi connectivity index (χ2n) is 4.19. The van der Waals surface area contributed by atoms with Crippen LogP contribution in [0, 0.1) is 6.92 Å². The first-order chi connectivity index (χ1) is 7.70. The first-order valence-corrected chi connectivity index (χ1v) is 5.55.